The van der Waals surface area contributed by atoms with Gasteiger partial charge in [0.1, 0.15) is 6.54 Å². The topological polar surface area (TPSA) is 66.5 Å². The van der Waals surface area contributed by atoms with Gasteiger partial charge in [0.2, 0.25) is 5.91 Å². The van der Waals surface area contributed by atoms with Crippen LogP contribution in [0.25, 0.3) is 0 Å². The number of benzene rings is 2. The van der Waals surface area contributed by atoms with Crippen molar-refractivity contribution in [2.45, 2.75) is 26.8 Å². The minimum atomic E-state index is -0.421. The molecule has 1 N–H and O–H groups in total. The molecule has 0 aromatic heterocycles. The van der Waals surface area contributed by atoms with Crippen LogP contribution in [0.1, 0.15) is 50.4 Å². The van der Waals surface area contributed by atoms with Gasteiger partial charge in [-0.25, -0.2) is 0 Å². The van der Waals surface area contributed by atoms with Crippen molar-refractivity contribution in [1.29, 1.82) is 0 Å². The Morgan fingerprint density at radius 1 is 1.04 bits per heavy atom. The molecule has 2 aromatic carbocycles. The van der Waals surface area contributed by atoms with E-state index in [4.69, 9.17) is 0 Å². The van der Waals surface area contributed by atoms with Gasteiger partial charge in [-0.2, -0.15) is 0 Å². The Kier molecular flexibility index (Phi) is 4.40. The van der Waals surface area contributed by atoms with Gasteiger partial charge < -0.3 is 5.32 Å². The SMILES string of the molecule is Cc1ccc(C)c(C(C)NC(=O)CN2C(=O)c3ccccc3C2=O)c1. The van der Waals surface area contributed by atoms with Crippen LogP contribution in [0, 0.1) is 13.8 Å². The maximum Gasteiger partial charge on any atom is 0.262 e. The molecule has 3 amide bonds. The molecule has 25 heavy (non-hydrogen) atoms. The van der Waals surface area contributed by atoms with E-state index >= 15 is 0 Å². The molecule has 1 unspecified atom stereocenters. The van der Waals surface area contributed by atoms with Gasteiger partial charge in [0.25, 0.3) is 11.8 Å². The summed E-state index contributed by atoms with van der Waals surface area (Å²) in [4.78, 5) is 38.0. The van der Waals surface area contributed by atoms with Crippen molar-refractivity contribution in [2.24, 2.45) is 0 Å². The minimum absolute atomic E-state index is 0.206. The number of nitrogens with one attached hydrogen (secondary N) is 1. The van der Waals surface area contributed by atoms with E-state index in [1.165, 1.54) is 0 Å². The highest BCUT2D eigenvalue weighted by Gasteiger charge is 2.36. The average Bonchev–Trinajstić information content (AvgIpc) is 2.82. The quantitative estimate of drug-likeness (QED) is 0.873. The van der Waals surface area contributed by atoms with Crippen LogP contribution in [0.5, 0.6) is 0 Å². The molecule has 0 aliphatic carbocycles. The Labute approximate surface area is 146 Å². The van der Waals surface area contributed by atoms with Crippen molar-refractivity contribution in [2.75, 3.05) is 6.54 Å². The summed E-state index contributed by atoms with van der Waals surface area (Å²) in [6.07, 6.45) is 0. The summed E-state index contributed by atoms with van der Waals surface area (Å²) in [6.45, 7) is 5.60. The molecule has 0 saturated heterocycles. The smallest absolute Gasteiger partial charge is 0.262 e. The van der Waals surface area contributed by atoms with E-state index < -0.39 is 11.8 Å². The first-order valence-corrected chi connectivity index (χ1v) is 8.20. The fourth-order valence-electron chi connectivity index (χ4n) is 3.12. The summed E-state index contributed by atoms with van der Waals surface area (Å²) in [5, 5.41) is 2.87. The van der Waals surface area contributed by atoms with Crippen molar-refractivity contribution in [3.8, 4) is 0 Å². The van der Waals surface area contributed by atoms with E-state index in [0.717, 1.165) is 21.6 Å². The number of amides is 3. The zero-order valence-corrected chi connectivity index (χ0v) is 14.5. The number of carbonyl (C=O) groups is 3. The molecular weight excluding hydrogens is 316 g/mol. The number of hydrogen-bond donors (Lipinski definition) is 1. The Morgan fingerprint density at radius 3 is 2.24 bits per heavy atom. The van der Waals surface area contributed by atoms with Gasteiger partial charge in [0, 0.05) is 0 Å². The van der Waals surface area contributed by atoms with Crippen LogP contribution < -0.4 is 5.32 Å². The number of nitrogens with zero attached hydrogens (tertiary/aromatic N) is 1. The van der Waals surface area contributed by atoms with E-state index in [1.54, 1.807) is 24.3 Å². The second-order valence-electron chi connectivity index (χ2n) is 6.39. The van der Waals surface area contributed by atoms with E-state index in [-0.39, 0.29) is 18.5 Å². The molecule has 2 aromatic rings. The molecule has 0 saturated carbocycles. The van der Waals surface area contributed by atoms with Gasteiger partial charge in [-0.3, -0.25) is 19.3 Å². The number of carbonyl (C=O) groups excluding carboxylic acids is 3. The standard InChI is InChI=1S/C20H20N2O3/c1-12-8-9-13(2)17(10-12)14(3)21-18(23)11-22-19(24)15-6-4-5-7-16(15)20(22)25/h4-10,14H,11H2,1-3H3,(H,21,23). The van der Waals surface area contributed by atoms with Gasteiger partial charge in [-0.15, -0.1) is 0 Å². The normalized spacial score (nSPS) is 14.4. The highest BCUT2D eigenvalue weighted by atomic mass is 16.2. The van der Waals surface area contributed by atoms with Crippen LogP contribution in [-0.2, 0) is 4.79 Å². The molecular formula is C20H20N2O3. The van der Waals surface area contributed by atoms with Crippen LogP contribution >= 0.6 is 0 Å². The summed E-state index contributed by atoms with van der Waals surface area (Å²) >= 11 is 0. The predicted molar refractivity (Wildman–Crippen MR) is 94.3 cm³/mol. The molecule has 0 bridgehead atoms. The lowest BCUT2D eigenvalue weighted by Gasteiger charge is -2.19. The first kappa shape index (κ1) is 16.9. The second kappa shape index (κ2) is 6.51. The summed E-state index contributed by atoms with van der Waals surface area (Å²) in [7, 11) is 0. The largest absolute Gasteiger partial charge is 0.348 e. The molecule has 1 aliphatic rings. The fraction of sp³-hybridized carbons (Fsp3) is 0.250. The molecule has 1 aliphatic heterocycles. The first-order valence-electron chi connectivity index (χ1n) is 8.20. The van der Waals surface area contributed by atoms with Crippen LogP contribution in [0.2, 0.25) is 0 Å². The molecule has 1 heterocycles. The number of rotatable bonds is 4. The minimum Gasteiger partial charge on any atom is -0.348 e. The van der Waals surface area contributed by atoms with E-state index in [1.807, 2.05) is 39.0 Å². The lowest BCUT2D eigenvalue weighted by Crippen LogP contribution is -2.41. The van der Waals surface area contributed by atoms with E-state index in [2.05, 4.69) is 5.32 Å². The molecule has 0 fully saturated rings. The van der Waals surface area contributed by atoms with Gasteiger partial charge in [-0.1, -0.05) is 35.9 Å². The highest BCUT2D eigenvalue weighted by Crippen LogP contribution is 2.23. The van der Waals surface area contributed by atoms with E-state index in [0.29, 0.717) is 11.1 Å². The van der Waals surface area contributed by atoms with Gasteiger partial charge in [0.05, 0.1) is 17.2 Å². The van der Waals surface area contributed by atoms with Crippen LogP contribution in [0.3, 0.4) is 0 Å². The lowest BCUT2D eigenvalue weighted by molar-refractivity contribution is -0.122. The summed E-state index contributed by atoms with van der Waals surface area (Å²) in [5.41, 5.74) is 3.92. The maximum absolute atomic E-state index is 12.4. The van der Waals surface area contributed by atoms with Gasteiger partial charge >= 0.3 is 0 Å². The van der Waals surface area contributed by atoms with Crippen molar-refractivity contribution >= 4 is 17.7 Å². The Morgan fingerprint density at radius 2 is 1.64 bits per heavy atom. The van der Waals surface area contributed by atoms with Crippen molar-refractivity contribution < 1.29 is 14.4 Å². The molecule has 0 radical (unpaired) electrons. The molecule has 5 heteroatoms. The number of hydrogen-bond acceptors (Lipinski definition) is 3. The van der Waals surface area contributed by atoms with Crippen molar-refractivity contribution in [3.05, 3.63) is 70.3 Å². The Bertz CT molecular complexity index is 838. The van der Waals surface area contributed by atoms with Crippen LogP contribution in [-0.4, -0.2) is 29.2 Å². The van der Waals surface area contributed by atoms with Crippen LogP contribution in [0.15, 0.2) is 42.5 Å². The fourth-order valence-corrected chi connectivity index (χ4v) is 3.12. The first-order chi connectivity index (χ1) is 11.9. The Balaban J connectivity index is 1.70. The van der Waals surface area contributed by atoms with Crippen molar-refractivity contribution in [1.82, 2.24) is 10.2 Å². The highest BCUT2D eigenvalue weighted by molar-refractivity contribution is 6.22. The molecule has 1 atom stereocenters. The summed E-state index contributed by atoms with van der Waals surface area (Å²) in [5.74, 6) is -1.20. The Hall–Kier alpha value is -2.95. The summed E-state index contributed by atoms with van der Waals surface area (Å²) < 4.78 is 0. The number of imide groups is 1. The molecule has 5 nitrogen and oxygen atoms in total. The maximum atomic E-state index is 12.4. The third-order valence-corrected chi connectivity index (χ3v) is 4.46. The van der Waals surface area contributed by atoms with E-state index in [9.17, 15) is 14.4 Å². The zero-order valence-electron chi connectivity index (χ0n) is 14.5. The summed E-state index contributed by atoms with van der Waals surface area (Å²) in [6, 6.07) is 12.5. The predicted octanol–water partition coefficient (Wildman–Crippen LogP) is 2.78. The second-order valence-corrected chi connectivity index (χ2v) is 6.39. The monoisotopic (exact) mass is 336 g/mol. The zero-order chi connectivity index (χ0) is 18.1. The number of aryl methyl sites for hydroxylation is 2. The number of fused-ring (bicyclic) bond motifs is 1. The third kappa shape index (κ3) is 3.18. The van der Waals surface area contributed by atoms with Crippen LogP contribution in [0.4, 0.5) is 0 Å². The molecule has 128 valence electrons. The third-order valence-electron chi connectivity index (χ3n) is 4.46. The van der Waals surface area contributed by atoms with Crippen molar-refractivity contribution in [3.63, 3.8) is 0 Å². The molecule has 3 rings (SSSR count). The lowest BCUT2D eigenvalue weighted by atomic mass is 10.00. The van der Waals surface area contributed by atoms with Gasteiger partial charge in [-0.05, 0) is 44.0 Å². The average molecular weight is 336 g/mol. The van der Waals surface area contributed by atoms with Gasteiger partial charge in [0.15, 0.2) is 0 Å². The molecule has 0 spiro atoms.